The van der Waals surface area contributed by atoms with E-state index in [0.717, 1.165) is 86.6 Å². The van der Waals surface area contributed by atoms with Gasteiger partial charge in [0.15, 0.2) is 11.6 Å². The molecule has 4 atom stereocenters. The largest absolute Gasteiger partial charge is 0.372 e. The Labute approximate surface area is 242 Å². The normalized spacial score (nSPS) is 28.9. The predicted octanol–water partition coefficient (Wildman–Crippen LogP) is 4.05. The van der Waals surface area contributed by atoms with E-state index in [1.165, 1.54) is 0 Å². The number of amides is 2. The molecule has 2 amide bonds. The Balaban J connectivity index is 1.42. The quantitative estimate of drug-likeness (QED) is 0.565. The number of benzene rings is 1. The van der Waals surface area contributed by atoms with Crippen molar-refractivity contribution in [2.24, 2.45) is 11.3 Å². The van der Waals surface area contributed by atoms with Crippen LogP contribution >= 0.6 is 0 Å². The molecule has 0 unspecified atom stereocenters. The van der Waals surface area contributed by atoms with Crippen LogP contribution in [0.15, 0.2) is 12.1 Å². The molecular formula is C32H43N5O4. The van der Waals surface area contributed by atoms with Crippen molar-refractivity contribution in [1.29, 1.82) is 0 Å². The maximum Gasteiger partial charge on any atom is 0.245 e. The third kappa shape index (κ3) is 5.06. The van der Waals surface area contributed by atoms with Crippen molar-refractivity contribution in [2.45, 2.75) is 104 Å². The van der Waals surface area contributed by atoms with Crippen molar-refractivity contribution in [2.75, 3.05) is 24.5 Å². The van der Waals surface area contributed by atoms with Crippen LogP contribution in [-0.4, -0.2) is 69.8 Å². The van der Waals surface area contributed by atoms with E-state index in [2.05, 4.69) is 22.3 Å². The van der Waals surface area contributed by atoms with Crippen LogP contribution in [-0.2, 0) is 27.3 Å². The summed E-state index contributed by atoms with van der Waals surface area (Å²) in [5, 5.41) is 8.72. The van der Waals surface area contributed by atoms with Gasteiger partial charge in [0.05, 0.1) is 11.6 Å². The first-order chi connectivity index (χ1) is 19.7. The second kappa shape index (κ2) is 10.9. The summed E-state index contributed by atoms with van der Waals surface area (Å²) >= 11 is 0. The fourth-order valence-corrected chi connectivity index (χ4v) is 7.59. The number of piperidine rings is 1. The molecule has 1 saturated carbocycles. The van der Waals surface area contributed by atoms with Crippen LogP contribution in [0.1, 0.15) is 94.6 Å². The van der Waals surface area contributed by atoms with Gasteiger partial charge in [-0.15, -0.1) is 0 Å². The van der Waals surface area contributed by atoms with E-state index in [1.807, 2.05) is 13.8 Å². The van der Waals surface area contributed by atoms with Gasteiger partial charge < -0.3 is 15.1 Å². The number of carbonyl (C=O) groups is 4. The third-order valence-electron chi connectivity index (χ3n) is 10.1. The van der Waals surface area contributed by atoms with Gasteiger partial charge in [-0.3, -0.25) is 23.9 Å². The van der Waals surface area contributed by atoms with E-state index in [4.69, 9.17) is 5.10 Å². The summed E-state index contributed by atoms with van der Waals surface area (Å²) in [5.41, 5.74) is 3.26. The van der Waals surface area contributed by atoms with Crippen molar-refractivity contribution in [1.82, 2.24) is 20.0 Å². The van der Waals surface area contributed by atoms with Crippen molar-refractivity contribution in [3.63, 3.8) is 0 Å². The van der Waals surface area contributed by atoms with Gasteiger partial charge in [-0.05, 0) is 62.6 Å². The smallest absolute Gasteiger partial charge is 0.245 e. The summed E-state index contributed by atoms with van der Waals surface area (Å²) in [6, 6.07) is 3.78. The molecular weight excluding hydrogens is 518 g/mol. The number of anilines is 1. The highest BCUT2D eigenvalue weighted by Gasteiger charge is 2.66. The molecule has 4 aliphatic rings. The lowest BCUT2D eigenvalue weighted by molar-refractivity contribution is -0.139. The monoisotopic (exact) mass is 561 g/mol. The van der Waals surface area contributed by atoms with Gasteiger partial charge in [0.2, 0.25) is 11.8 Å². The zero-order chi connectivity index (χ0) is 28.9. The maximum absolute atomic E-state index is 14.0. The van der Waals surface area contributed by atoms with Crippen LogP contribution < -0.4 is 10.2 Å². The molecule has 2 saturated heterocycles. The molecule has 1 aromatic heterocycles. The predicted molar refractivity (Wildman–Crippen MR) is 157 cm³/mol. The zero-order valence-electron chi connectivity index (χ0n) is 24.7. The van der Waals surface area contributed by atoms with Gasteiger partial charge >= 0.3 is 0 Å². The lowest BCUT2D eigenvalue weighted by atomic mass is 9.95. The SMILES string of the molecule is CCC(=O)[C@@H]1C[C@]23CNC(=O)[C@H](C)CCCCCc4cc(N5CCCC5)cc5c(C(C)=O)nn(c45)CC(=O)N1[C@@H]2C3. The Kier molecular flexibility index (Phi) is 7.41. The van der Waals surface area contributed by atoms with E-state index in [0.29, 0.717) is 25.1 Å². The molecule has 6 rings (SSSR count). The van der Waals surface area contributed by atoms with Crippen molar-refractivity contribution in [3.8, 4) is 0 Å². The Hall–Kier alpha value is -3.23. The minimum absolute atomic E-state index is 0.0106. The lowest BCUT2D eigenvalue weighted by Crippen LogP contribution is -2.44. The highest BCUT2D eigenvalue weighted by molar-refractivity contribution is 6.07. The average Bonchev–Trinajstić information content (AvgIpc) is 3.32. The molecule has 1 N–H and O–H groups in total. The van der Waals surface area contributed by atoms with E-state index in [9.17, 15) is 19.2 Å². The summed E-state index contributed by atoms with van der Waals surface area (Å²) in [6.45, 7) is 7.86. The fraction of sp³-hybridized carbons (Fsp3) is 0.656. The lowest BCUT2D eigenvalue weighted by Gasteiger charge is -2.26. The van der Waals surface area contributed by atoms with Gasteiger partial charge in [-0.1, -0.05) is 26.7 Å². The number of hydrogen-bond donors (Lipinski definition) is 1. The third-order valence-corrected chi connectivity index (χ3v) is 10.1. The van der Waals surface area contributed by atoms with Crippen LogP contribution in [0, 0.1) is 11.3 Å². The van der Waals surface area contributed by atoms with Gasteiger partial charge in [-0.2, -0.15) is 5.10 Å². The van der Waals surface area contributed by atoms with Crippen LogP contribution in [0.4, 0.5) is 5.69 Å². The second-order valence-corrected chi connectivity index (χ2v) is 12.9. The van der Waals surface area contributed by atoms with Crippen LogP contribution in [0.3, 0.4) is 0 Å². The van der Waals surface area contributed by atoms with Crippen LogP contribution in [0.5, 0.6) is 0 Å². The van der Waals surface area contributed by atoms with E-state index in [-0.39, 0.29) is 47.3 Å². The molecule has 0 spiro atoms. The number of nitrogens with zero attached hydrogens (tertiary/aromatic N) is 4. The minimum Gasteiger partial charge on any atom is -0.372 e. The number of aromatic nitrogens is 2. The van der Waals surface area contributed by atoms with Crippen molar-refractivity contribution >= 4 is 40.0 Å². The number of ketones is 2. The van der Waals surface area contributed by atoms with Crippen LogP contribution in [0.25, 0.3) is 10.9 Å². The number of rotatable bonds is 4. The Morgan fingerprint density at radius 3 is 2.59 bits per heavy atom. The number of Topliss-reactive ketones (excluding diaryl/α,β-unsaturated/α-hetero) is 2. The second-order valence-electron chi connectivity index (χ2n) is 12.9. The minimum atomic E-state index is -0.477. The first-order valence-electron chi connectivity index (χ1n) is 15.6. The topological polar surface area (TPSA) is 105 Å². The van der Waals surface area contributed by atoms with Crippen LogP contribution in [0.2, 0.25) is 0 Å². The summed E-state index contributed by atoms with van der Waals surface area (Å²) in [4.78, 5) is 57.0. The Bertz CT molecular complexity index is 1390. The average molecular weight is 562 g/mol. The zero-order valence-corrected chi connectivity index (χ0v) is 24.7. The molecule has 9 heteroatoms. The van der Waals surface area contributed by atoms with Crippen molar-refractivity contribution in [3.05, 3.63) is 23.4 Å². The summed E-state index contributed by atoms with van der Waals surface area (Å²) in [7, 11) is 0. The number of hydrogen-bond acceptors (Lipinski definition) is 6. The van der Waals surface area contributed by atoms with E-state index < -0.39 is 6.04 Å². The summed E-state index contributed by atoms with van der Waals surface area (Å²) < 4.78 is 1.73. The molecule has 2 bridgehead atoms. The molecule has 3 aliphatic heterocycles. The summed E-state index contributed by atoms with van der Waals surface area (Å²) in [5.74, 6) is -0.200. The molecule has 1 aromatic carbocycles. The first kappa shape index (κ1) is 27.9. The van der Waals surface area contributed by atoms with E-state index >= 15 is 0 Å². The van der Waals surface area contributed by atoms with Gasteiger partial charge in [0.25, 0.3) is 0 Å². The molecule has 220 valence electrons. The number of nitrogens with one attached hydrogen (secondary N) is 1. The molecule has 4 heterocycles. The van der Waals surface area contributed by atoms with E-state index in [1.54, 1.807) is 16.5 Å². The van der Waals surface area contributed by atoms with Gasteiger partial charge in [0, 0.05) is 61.4 Å². The molecule has 3 fully saturated rings. The standard InChI is InChI=1S/C32H43N5O4/c1-4-26(39)25-16-32-17-27(32)37(25)28(40)18-36-30-22(11-7-5-6-10-20(2)31(41)33-19-32)14-23(35-12-8-9-13-35)15-24(30)29(34-36)21(3)38/h14-15,20,25,27H,4-13,16-19H2,1-3H3,(H,33,41)/t20-,25+,27-,32+/m1/s1. The first-order valence-corrected chi connectivity index (χ1v) is 15.6. The van der Waals surface area contributed by atoms with Gasteiger partial charge in [-0.25, -0.2) is 0 Å². The molecule has 1 aliphatic carbocycles. The highest BCUT2D eigenvalue weighted by Crippen LogP contribution is 2.59. The van der Waals surface area contributed by atoms with Crippen molar-refractivity contribution < 1.29 is 19.2 Å². The molecule has 2 aromatic rings. The summed E-state index contributed by atoms with van der Waals surface area (Å²) in [6.07, 6.45) is 8.62. The number of carbonyl (C=O) groups excluding carboxylic acids is 4. The highest BCUT2D eigenvalue weighted by atomic mass is 16.2. The fourth-order valence-electron chi connectivity index (χ4n) is 7.59. The Morgan fingerprint density at radius 2 is 1.85 bits per heavy atom. The Morgan fingerprint density at radius 1 is 1.07 bits per heavy atom. The number of aryl methyl sites for hydroxylation is 1. The molecule has 41 heavy (non-hydrogen) atoms. The molecule has 0 radical (unpaired) electrons. The maximum atomic E-state index is 14.0. The van der Waals surface area contributed by atoms with Gasteiger partial charge in [0.1, 0.15) is 12.2 Å². The molecule has 9 nitrogen and oxygen atoms in total.